The number of Topliss-reactive ketones (excluding diaryl/α,β-unsaturated/α-hetero) is 1. The summed E-state index contributed by atoms with van der Waals surface area (Å²) in [5.74, 6) is -2.24. The molecule has 3 aliphatic rings. The average molecular weight is 687 g/mol. The van der Waals surface area contributed by atoms with Gasteiger partial charge in [-0.3, -0.25) is 19.2 Å². The number of piperazine rings is 1. The van der Waals surface area contributed by atoms with Crippen LogP contribution in [0, 0.1) is 5.82 Å². The number of carboxylic acids is 1. The topological polar surface area (TPSA) is 161 Å². The predicted molar refractivity (Wildman–Crippen MR) is 184 cm³/mol. The average Bonchev–Trinajstić information content (AvgIpc) is 3.76. The largest absolute Gasteiger partial charge is 0.492 e. The Kier molecular flexibility index (Phi) is 8.48. The number of aromatic nitrogens is 4. The summed E-state index contributed by atoms with van der Waals surface area (Å²) in [6.07, 6.45) is 5.41. The number of thiocarbonyl (C=S) groups is 1. The maximum absolute atomic E-state index is 15.9. The van der Waals surface area contributed by atoms with Gasteiger partial charge in [0.25, 0.3) is 0 Å². The fraction of sp³-hybridized carbons (Fsp3) is 0.382. The summed E-state index contributed by atoms with van der Waals surface area (Å²) >= 11 is 4.93. The molecule has 2 aromatic carbocycles. The molecule has 3 N–H and O–H groups in total. The minimum Gasteiger partial charge on any atom is -0.492 e. The molecule has 15 heteroatoms. The van der Waals surface area contributed by atoms with Crippen LogP contribution in [0.15, 0.2) is 52.5 Å². The van der Waals surface area contributed by atoms with Gasteiger partial charge in [-0.2, -0.15) is 0 Å². The van der Waals surface area contributed by atoms with E-state index in [2.05, 4.69) is 27.1 Å². The van der Waals surface area contributed by atoms with Crippen LogP contribution in [0.25, 0.3) is 10.9 Å². The number of fused-ring (bicyclic) bond motifs is 2. The predicted octanol–water partition coefficient (Wildman–Crippen LogP) is 3.27. The molecule has 49 heavy (non-hydrogen) atoms. The maximum atomic E-state index is 15.9. The molecule has 0 amide bonds. The number of carbonyl (C=O) groups is 2. The third kappa shape index (κ3) is 5.97. The van der Waals surface area contributed by atoms with Gasteiger partial charge in [0.15, 0.2) is 22.5 Å². The van der Waals surface area contributed by atoms with E-state index in [1.165, 1.54) is 13.3 Å². The van der Waals surface area contributed by atoms with Crippen molar-refractivity contribution in [3.63, 3.8) is 0 Å². The summed E-state index contributed by atoms with van der Waals surface area (Å²) in [7, 11) is 1.44. The van der Waals surface area contributed by atoms with Crippen LogP contribution in [-0.4, -0.2) is 84.9 Å². The number of methoxy groups -OCH3 is 1. The molecule has 3 heterocycles. The van der Waals surface area contributed by atoms with E-state index in [1.807, 2.05) is 35.4 Å². The molecule has 1 aliphatic heterocycles. The van der Waals surface area contributed by atoms with Gasteiger partial charge < -0.3 is 25.0 Å². The number of ketones is 1. The van der Waals surface area contributed by atoms with Crippen molar-refractivity contribution in [2.24, 2.45) is 10.7 Å². The van der Waals surface area contributed by atoms with Crippen molar-refractivity contribution < 1.29 is 23.8 Å². The van der Waals surface area contributed by atoms with Gasteiger partial charge in [0.1, 0.15) is 17.0 Å². The smallest absolute Gasteiger partial charge is 0.341 e. The van der Waals surface area contributed by atoms with Crippen LogP contribution < -0.4 is 20.8 Å². The lowest BCUT2D eigenvalue weighted by Crippen LogP contribution is -2.51. The van der Waals surface area contributed by atoms with Gasteiger partial charge in [-0.15, -0.1) is 5.10 Å². The lowest BCUT2D eigenvalue weighted by molar-refractivity contribution is -0.114. The van der Waals surface area contributed by atoms with Gasteiger partial charge in [-0.05, 0) is 50.0 Å². The van der Waals surface area contributed by atoms with Crippen LogP contribution in [-0.2, 0) is 17.9 Å². The second-order valence-corrected chi connectivity index (χ2v) is 13.2. The van der Waals surface area contributed by atoms with Crippen molar-refractivity contribution in [3.8, 4) is 5.75 Å². The number of aryl methyl sites for hydroxylation is 1. The molecule has 0 spiro atoms. The first-order chi connectivity index (χ1) is 23.5. The molecule has 1 saturated heterocycles. The monoisotopic (exact) mass is 686 g/mol. The van der Waals surface area contributed by atoms with Gasteiger partial charge in [0.05, 0.1) is 29.6 Å². The van der Waals surface area contributed by atoms with Crippen molar-refractivity contribution in [2.75, 3.05) is 31.6 Å². The number of nitrogens with zero attached hydrogens (tertiary/aromatic N) is 7. The minimum atomic E-state index is -1.35. The molecule has 2 unspecified atom stereocenters. The zero-order valence-corrected chi connectivity index (χ0v) is 27.8. The molecule has 0 bridgehead atoms. The summed E-state index contributed by atoms with van der Waals surface area (Å²) < 4.78 is 25.1. The second-order valence-electron chi connectivity index (χ2n) is 12.8. The number of aromatic carboxylic acids is 1. The number of halogens is 1. The SMILES string of the molecule is COc1c(N2CCN(Cc3cn(CCC4C(=O)C(=NC(N)=S)c5ccccc54)nn3)C(C)C2)c(F)cc2c(=O)c(C(=O)O)cn(C3CC3)c12. The quantitative estimate of drug-likeness (QED) is 0.249. The molecule has 4 aromatic rings. The number of rotatable bonds is 9. The van der Waals surface area contributed by atoms with Gasteiger partial charge in [0, 0.05) is 62.8 Å². The molecule has 2 atom stereocenters. The van der Waals surface area contributed by atoms with Gasteiger partial charge >= 0.3 is 5.97 Å². The Labute approximate surface area is 285 Å². The Bertz CT molecular complexity index is 2110. The number of carboxylic acid groups (broad SMARTS) is 1. The molecule has 2 fully saturated rings. The maximum Gasteiger partial charge on any atom is 0.341 e. The van der Waals surface area contributed by atoms with Gasteiger partial charge in [-0.1, -0.05) is 29.5 Å². The van der Waals surface area contributed by atoms with E-state index in [9.17, 15) is 19.5 Å². The Balaban J connectivity index is 1.05. The van der Waals surface area contributed by atoms with E-state index in [0.717, 1.165) is 35.7 Å². The van der Waals surface area contributed by atoms with Crippen LogP contribution >= 0.6 is 12.2 Å². The standard InChI is InChI=1S/C34H35FN8O5S/c1-18-14-41(29-26(35)13-24-28(32(29)48-2)43(20-7-8-20)17-25(30(24)44)33(46)47)12-11-40(18)15-19-16-42(39-38-19)10-9-23-21-5-3-4-6-22(21)27(31(23)45)37-34(36)49/h3-6,13,16-18,20,23H,7-12,14-15H2,1-2H3,(H2,36,49)(H,46,47). The third-order valence-electron chi connectivity index (χ3n) is 9.62. The fourth-order valence-corrected chi connectivity index (χ4v) is 7.21. The van der Waals surface area contributed by atoms with E-state index < -0.39 is 17.2 Å². The molecular formula is C34H35FN8O5S. The number of anilines is 1. The number of hydrogen-bond donors (Lipinski definition) is 2. The first-order valence-electron chi connectivity index (χ1n) is 16.1. The fourth-order valence-electron chi connectivity index (χ4n) is 7.11. The van der Waals surface area contributed by atoms with E-state index in [4.69, 9.17) is 22.7 Å². The van der Waals surface area contributed by atoms with Crippen LogP contribution in [0.3, 0.4) is 0 Å². The normalized spacial score (nSPS) is 20.3. The van der Waals surface area contributed by atoms with Crippen molar-refractivity contribution in [2.45, 2.75) is 57.3 Å². The molecule has 254 valence electrons. The van der Waals surface area contributed by atoms with Gasteiger partial charge in [0.2, 0.25) is 5.43 Å². The summed E-state index contributed by atoms with van der Waals surface area (Å²) in [6, 6.07) is 8.70. The van der Waals surface area contributed by atoms with E-state index in [0.29, 0.717) is 50.4 Å². The Morgan fingerprint density at radius 2 is 1.98 bits per heavy atom. The molecule has 0 radical (unpaired) electrons. The number of nitrogens with two attached hydrogens (primary N) is 1. The highest BCUT2D eigenvalue weighted by Crippen LogP contribution is 2.44. The van der Waals surface area contributed by atoms with Crippen LogP contribution in [0.1, 0.15) is 65.3 Å². The first kappa shape index (κ1) is 32.5. The molecule has 2 aromatic heterocycles. The lowest BCUT2D eigenvalue weighted by Gasteiger charge is -2.41. The van der Waals surface area contributed by atoms with E-state index >= 15 is 4.39 Å². The summed E-state index contributed by atoms with van der Waals surface area (Å²) in [5.41, 5.74) is 7.89. The zero-order chi connectivity index (χ0) is 34.6. The van der Waals surface area contributed by atoms with Crippen molar-refractivity contribution in [1.29, 1.82) is 0 Å². The van der Waals surface area contributed by atoms with E-state index in [-0.39, 0.29) is 51.3 Å². The van der Waals surface area contributed by atoms with E-state index in [1.54, 1.807) is 9.25 Å². The summed E-state index contributed by atoms with van der Waals surface area (Å²) in [5, 5.41) is 18.2. The van der Waals surface area contributed by atoms with Crippen molar-refractivity contribution in [3.05, 3.63) is 81.2 Å². The number of benzene rings is 2. The second kappa shape index (κ2) is 12.8. The summed E-state index contributed by atoms with van der Waals surface area (Å²) in [6.45, 7) is 4.62. The lowest BCUT2D eigenvalue weighted by atomic mass is 9.97. The van der Waals surface area contributed by atoms with Crippen molar-refractivity contribution in [1.82, 2.24) is 24.5 Å². The number of pyridine rings is 1. The van der Waals surface area contributed by atoms with Crippen molar-refractivity contribution >= 4 is 51.4 Å². The Morgan fingerprint density at radius 3 is 2.67 bits per heavy atom. The molecular weight excluding hydrogens is 651 g/mol. The minimum absolute atomic E-state index is 0.00217. The highest BCUT2D eigenvalue weighted by molar-refractivity contribution is 7.80. The number of ether oxygens (including phenoxy) is 1. The summed E-state index contributed by atoms with van der Waals surface area (Å²) in [4.78, 5) is 46.4. The zero-order valence-electron chi connectivity index (χ0n) is 27.0. The number of hydrogen-bond acceptors (Lipinski definition) is 9. The highest BCUT2D eigenvalue weighted by atomic mass is 32.1. The van der Waals surface area contributed by atoms with Gasteiger partial charge in [-0.25, -0.2) is 14.2 Å². The molecule has 7 rings (SSSR count). The van der Waals surface area contributed by atoms with Crippen LogP contribution in [0.4, 0.5) is 10.1 Å². The Morgan fingerprint density at radius 1 is 1.20 bits per heavy atom. The van der Waals surface area contributed by atoms with Crippen LogP contribution in [0.5, 0.6) is 5.75 Å². The molecule has 2 aliphatic carbocycles. The Hall–Kier alpha value is -5.02. The number of carbonyl (C=O) groups excluding carboxylic acids is 1. The first-order valence-corrected chi connectivity index (χ1v) is 16.5. The van der Waals surface area contributed by atoms with Crippen LogP contribution in [0.2, 0.25) is 0 Å². The number of aliphatic imine (C=N–C) groups is 1. The molecule has 1 saturated carbocycles. The highest BCUT2D eigenvalue weighted by Gasteiger charge is 2.37. The molecule has 13 nitrogen and oxygen atoms in total. The third-order valence-corrected chi connectivity index (χ3v) is 9.71.